The fourth-order valence-electron chi connectivity index (χ4n) is 2.30. The molecule has 2 amide bonds. The van der Waals surface area contributed by atoms with Gasteiger partial charge in [0.2, 0.25) is 0 Å². The molecular formula is C17H13NO4. The fourth-order valence-corrected chi connectivity index (χ4v) is 2.30. The molecule has 0 fully saturated rings. The van der Waals surface area contributed by atoms with Crippen molar-refractivity contribution in [3.05, 3.63) is 71.3 Å². The molecule has 1 aliphatic heterocycles. The van der Waals surface area contributed by atoms with Crippen LogP contribution in [-0.4, -0.2) is 29.2 Å². The van der Waals surface area contributed by atoms with Gasteiger partial charge in [0.25, 0.3) is 11.8 Å². The van der Waals surface area contributed by atoms with Crippen molar-refractivity contribution in [3.8, 4) is 0 Å². The molecule has 0 N–H and O–H groups in total. The number of rotatable bonds is 4. The highest BCUT2D eigenvalue weighted by atomic mass is 16.5. The Balaban J connectivity index is 1.63. The maximum absolute atomic E-state index is 12.1. The van der Waals surface area contributed by atoms with Crippen LogP contribution in [0, 0.1) is 0 Å². The third-order valence-electron chi connectivity index (χ3n) is 3.41. The number of nitrogens with zero attached hydrogens (tertiary/aromatic N) is 1. The monoisotopic (exact) mass is 295 g/mol. The molecule has 1 heterocycles. The van der Waals surface area contributed by atoms with Crippen LogP contribution in [-0.2, 0) is 16.1 Å². The van der Waals surface area contributed by atoms with Gasteiger partial charge < -0.3 is 4.74 Å². The summed E-state index contributed by atoms with van der Waals surface area (Å²) in [4.78, 5) is 37.0. The lowest BCUT2D eigenvalue weighted by atomic mass is 10.1. The van der Waals surface area contributed by atoms with Crippen LogP contribution in [0.1, 0.15) is 26.3 Å². The van der Waals surface area contributed by atoms with Gasteiger partial charge in [-0.25, -0.2) is 0 Å². The van der Waals surface area contributed by atoms with Gasteiger partial charge in [-0.1, -0.05) is 42.5 Å². The Labute approximate surface area is 127 Å². The highest BCUT2D eigenvalue weighted by Gasteiger charge is 2.36. The first-order valence-corrected chi connectivity index (χ1v) is 6.81. The smallest absolute Gasteiger partial charge is 0.326 e. The molecule has 0 unspecified atom stereocenters. The molecule has 0 aromatic heterocycles. The van der Waals surface area contributed by atoms with Gasteiger partial charge in [0, 0.05) is 0 Å². The van der Waals surface area contributed by atoms with Crippen LogP contribution in [0.2, 0.25) is 0 Å². The number of fused-ring (bicyclic) bond motifs is 1. The van der Waals surface area contributed by atoms with Crippen molar-refractivity contribution in [1.82, 2.24) is 4.90 Å². The Kier molecular flexibility index (Phi) is 3.70. The second-order valence-corrected chi connectivity index (χ2v) is 4.89. The molecule has 5 heteroatoms. The molecule has 22 heavy (non-hydrogen) atoms. The summed E-state index contributed by atoms with van der Waals surface area (Å²) in [7, 11) is 0. The van der Waals surface area contributed by atoms with Crippen molar-refractivity contribution in [2.24, 2.45) is 0 Å². The summed E-state index contributed by atoms with van der Waals surface area (Å²) in [5.41, 5.74) is 1.49. The molecule has 0 bridgehead atoms. The van der Waals surface area contributed by atoms with Gasteiger partial charge in [-0.3, -0.25) is 19.3 Å². The van der Waals surface area contributed by atoms with Gasteiger partial charge in [-0.2, -0.15) is 0 Å². The normalized spacial score (nSPS) is 13.2. The first-order chi connectivity index (χ1) is 10.7. The highest BCUT2D eigenvalue weighted by Crippen LogP contribution is 2.22. The molecule has 0 spiro atoms. The summed E-state index contributed by atoms with van der Waals surface area (Å²) in [6.07, 6.45) is 0. The summed E-state index contributed by atoms with van der Waals surface area (Å²) >= 11 is 0. The van der Waals surface area contributed by atoms with Crippen molar-refractivity contribution < 1.29 is 19.1 Å². The largest absolute Gasteiger partial charge is 0.459 e. The fraction of sp³-hybridized carbons (Fsp3) is 0.118. The van der Waals surface area contributed by atoms with E-state index in [1.54, 1.807) is 24.3 Å². The van der Waals surface area contributed by atoms with Crippen LogP contribution < -0.4 is 0 Å². The third kappa shape index (κ3) is 2.61. The quantitative estimate of drug-likeness (QED) is 0.639. The number of hydrogen-bond acceptors (Lipinski definition) is 4. The molecule has 0 saturated heterocycles. The van der Waals surface area contributed by atoms with Crippen molar-refractivity contribution >= 4 is 17.8 Å². The zero-order valence-electron chi connectivity index (χ0n) is 11.7. The lowest BCUT2D eigenvalue weighted by molar-refractivity contribution is -0.145. The zero-order chi connectivity index (χ0) is 15.5. The average Bonchev–Trinajstić information content (AvgIpc) is 2.79. The van der Waals surface area contributed by atoms with Gasteiger partial charge in [-0.15, -0.1) is 0 Å². The lowest BCUT2D eigenvalue weighted by Gasteiger charge is -2.13. The minimum Gasteiger partial charge on any atom is -0.459 e. The van der Waals surface area contributed by atoms with Crippen molar-refractivity contribution in [1.29, 1.82) is 0 Å². The summed E-state index contributed by atoms with van der Waals surface area (Å²) in [6.45, 7) is -0.262. The standard InChI is InChI=1S/C17H13NO4/c19-15(22-11-12-6-2-1-3-7-12)10-18-16(20)13-8-4-5-9-14(13)17(18)21/h1-9H,10-11H2. The first kappa shape index (κ1) is 14.0. The number of amides is 2. The Morgan fingerprint density at radius 2 is 1.41 bits per heavy atom. The third-order valence-corrected chi connectivity index (χ3v) is 3.41. The van der Waals surface area contributed by atoms with Crippen LogP contribution in [0.15, 0.2) is 54.6 Å². The maximum atomic E-state index is 12.1. The maximum Gasteiger partial charge on any atom is 0.326 e. The molecule has 0 radical (unpaired) electrons. The SMILES string of the molecule is O=C(CN1C(=O)c2ccccc2C1=O)OCc1ccccc1. The van der Waals surface area contributed by atoms with E-state index in [0.29, 0.717) is 11.1 Å². The Morgan fingerprint density at radius 1 is 0.864 bits per heavy atom. The van der Waals surface area contributed by atoms with E-state index in [4.69, 9.17) is 4.74 Å². The van der Waals surface area contributed by atoms with E-state index < -0.39 is 17.8 Å². The Bertz CT molecular complexity index is 704. The van der Waals surface area contributed by atoms with Crippen LogP contribution in [0.5, 0.6) is 0 Å². The van der Waals surface area contributed by atoms with Crippen molar-refractivity contribution in [2.45, 2.75) is 6.61 Å². The lowest BCUT2D eigenvalue weighted by Crippen LogP contribution is -2.35. The van der Waals surface area contributed by atoms with Crippen molar-refractivity contribution in [3.63, 3.8) is 0 Å². The van der Waals surface area contributed by atoms with E-state index in [1.807, 2.05) is 30.3 Å². The number of ether oxygens (including phenoxy) is 1. The summed E-state index contributed by atoms with van der Waals surface area (Å²) in [5.74, 6) is -1.53. The molecule has 2 aromatic carbocycles. The summed E-state index contributed by atoms with van der Waals surface area (Å²) in [5, 5.41) is 0. The molecule has 0 saturated carbocycles. The van der Waals surface area contributed by atoms with Gasteiger partial charge in [0.15, 0.2) is 0 Å². The summed E-state index contributed by atoms with van der Waals surface area (Å²) < 4.78 is 5.10. The highest BCUT2D eigenvalue weighted by molar-refractivity contribution is 6.22. The molecule has 1 aliphatic rings. The van der Waals surface area contributed by atoms with E-state index >= 15 is 0 Å². The molecular weight excluding hydrogens is 282 g/mol. The van der Waals surface area contributed by atoms with Crippen LogP contribution in [0.3, 0.4) is 0 Å². The Hall–Kier alpha value is -2.95. The second-order valence-electron chi connectivity index (χ2n) is 4.89. The zero-order valence-corrected chi connectivity index (χ0v) is 11.7. The number of carbonyl (C=O) groups excluding carboxylic acids is 3. The van der Waals surface area contributed by atoms with E-state index in [-0.39, 0.29) is 13.2 Å². The molecule has 5 nitrogen and oxygen atoms in total. The predicted octanol–water partition coefficient (Wildman–Crippen LogP) is 2.03. The van der Waals surface area contributed by atoms with Crippen LogP contribution in [0.4, 0.5) is 0 Å². The molecule has 3 rings (SSSR count). The number of benzene rings is 2. The molecule has 0 aliphatic carbocycles. The van der Waals surface area contributed by atoms with Gasteiger partial charge in [-0.05, 0) is 17.7 Å². The molecule has 0 atom stereocenters. The van der Waals surface area contributed by atoms with E-state index in [2.05, 4.69) is 0 Å². The number of carbonyl (C=O) groups is 3. The van der Waals surface area contributed by atoms with E-state index in [0.717, 1.165) is 10.5 Å². The van der Waals surface area contributed by atoms with Crippen LogP contribution >= 0.6 is 0 Å². The topological polar surface area (TPSA) is 63.7 Å². The van der Waals surface area contributed by atoms with Gasteiger partial charge in [0.05, 0.1) is 11.1 Å². The summed E-state index contributed by atoms with van der Waals surface area (Å²) in [6, 6.07) is 15.7. The predicted molar refractivity (Wildman–Crippen MR) is 78.0 cm³/mol. The number of hydrogen-bond donors (Lipinski definition) is 0. The van der Waals surface area contributed by atoms with Crippen molar-refractivity contribution in [2.75, 3.05) is 6.54 Å². The minimum atomic E-state index is -0.613. The van der Waals surface area contributed by atoms with Gasteiger partial charge in [0.1, 0.15) is 13.2 Å². The second kappa shape index (κ2) is 5.81. The first-order valence-electron chi connectivity index (χ1n) is 6.81. The average molecular weight is 295 g/mol. The molecule has 2 aromatic rings. The number of imide groups is 1. The number of esters is 1. The minimum absolute atomic E-state index is 0.114. The Morgan fingerprint density at radius 3 is 2.00 bits per heavy atom. The van der Waals surface area contributed by atoms with Gasteiger partial charge >= 0.3 is 5.97 Å². The van der Waals surface area contributed by atoms with E-state index in [1.165, 1.54) is 0 Å². The van der Waals surface area contributed by atoms with Crippen LogP contribution in [0.25, 0.3) is 0 Å². The van der Waals surface area contributed by atoms with E-state index in [9.17, 15) is 14.4 Å². The molecule has 110 valence electrons.